The molecule has 1 atom stereocenters. The standard InChI is InChI=1S/C23H18ClN3O2/c24-21-13-17-12-19(26-20(17)14-25-21)23(29)27-18(11-15-7-3-1-4-8-15)22(28)16-9-5-2-6-10-16/h1-10,12-14,18,26H,11H2,(H,27,29)/t18-/m0/s1. The fourth-order valence-electron chi connectivity index (χ4n) is 3.23. The number of nitrogens with zero attached hydrogens (tertiary/aromatic N) is 1. The molecule has 2 aromatic heterocycles. The van der Waals surface area contributed by atoms with E-state index in [1.54, 1.807) is 30.5 Å². The number of nitrogens with one attached hydrogen (secondary N) is 2. The van der Waals surface area contributed by atoms with E-state index < -0.39 is 6.04 Å². The molecule has 2 heterocycles. The van der Waals surface area contributed by atoms with Gasteiger partial charge in [0, 0.05) is 17.4 Å². The van der Waals surface area contributed by atoms with Crippen LogP contribution in [0.25, 0.3) is 10.9 Å². The van der Waals surface area contributed by atoms with E-state index in [-0.39, 0.29) is 11.7 Å². The van der Waals surface area contributed by atoms with Gasteiger partial charge in [0.05, 0.1) is 17.8 Å². The maximum atomic E-state index is 13.1. The SMILES string of the molecule is O=C(N[C@@H](Cc1ccccc1)C(=O)c1ccccc1)c1cc2cc(Cl)ncc2[nH]1. The van der Waals surface area contributed by atoms with E-state index in [0.717, 1.165) is 10.9 Å². The number of hydrogen-bond donors (Lipinski definition) is 2. The van der Waals surface area contributed by atoms with Gasteiger partial charge in [-0.05, 0) is 17.7 Å². The van der Waals surface area contributed by atoms with Gasteiger partial charge in [-0.15, -0.1) is 0 Å². The fraction of sp³-hybridized carbons (Fsp3) is 0.0870. The number of fused-ring (bicyclic) bond motifs is 1. The van der Waals surface area contributed by atoms with Crippen LogP contribution in [0.2, 0.25) is 5.15 Å². The normalized spacial score (nSPS) is 11.9. The molecule has 1 amide bonds. The third-order valence-electron chi connectivity index (χ3n) is 4.68. The molecule has 2 N–H and O–H groups in total. The number of Topliss-reactive ketones (excluding diaryl/α,β-unsaturated/α-hetero) is 1. The van der Waals surface area contributed by atoms with E-state index >= 15 is 0 Å². The lowest BCUT2D eigenvalue weighted by atomic mass is 9.97. The lowest BCUT2D eigenvalue weighted by Gasteiger charge is -2.18. The Labute approximate surface area is 172 Å². The first-order chi connectivity index (χ1) is 14.1. The zero-order valence-electron chi connectivity index (χ0n) is 15.4. The van der Waals surface area contributed by atoms with Crippen LogP contribution < -0.4 is 5.32 Å². The first-order valence-corrected chi connectivity index (χ1v) is 9.56. The van der Waals surface area contributed by atoms with Crippen molar-refractivity contribution in [1.29, 1.82) is 0 Å². The molecule has 4 aromatic rings. The maximum Gasteiger partial charge on any atom is 0.268 e. The lowest BCUT2D eigenvalue weighted by Crippen LogP contribution is -2.42. The van der Waals surface area contributed by atoms with Crippen LogP contribution >= 0.6 is 11.6 Å². The highest BCUT2D eigenvalue weighted by Gasteiger charge is 2.24. The third kappa shape index (κ3) is 4.36. The molecule has 2 aromatic carbocycles. The predicted molar refractivity (Wildman–Crippen MR) is 113 cm³/mol. The number of amides is 1. The van der Waals surface area contributed by atoms with Crippen molar-refractivity contribution in [1.82, 2.24) is 15.3 Å². The molecule has 5 nitrogen and oxygen atoms in total. The van der Waals surface area contributed by atoms with Crippen molar-refractivity contribution in [2.45, 2.75) is 12.5 Å². The zero-order chi connectivity index (χ0) is 20.2. The van der Waals surface area contributed by atoms with E-state index in [2.05, 4.69) is 15.3 Å². The highest BCUT2D eigenvalue weighted by molar-refractivity contribution is 6.30. The van der Waals surface area contributed by atoms with Gasteiger partial charge in [-0.25, -0.2) is 4.98 Å². The van der Waals surface area contributed by atoms with E-state index in [4.69, 9.17) is 11.6 Å². The van der Waals surface area contributed by atoms with Gasteiger partial charge in [-0.1, -0.05) is 72.3 Å². The van der Waals surface area contributed by atoms with E-state index in [0.29, 0.717) is 28.3 Å². The topological polar surface area (TPSA) is 74.8 Å². The summed E-state index contributed by atoms with van der Waals surface area (Å²) in [5, 5.41) is 4.02. The Bertz CT molecular complexity index is 1160. The zero-order valence-corrected chi connectivity index (χ0v) is 16.2. The minimum absolute atomic E-state index is 0.136. The van der Waals surface area contributed by atoms with Gasteiger partial charge >= 0.3 is 0 Å². The second-order valence-electron chi connectivity index (χ2n) is 6.72. The number of carbonyl (C=O) groups excluding carboxylic acids is 2. The van der Waals surface area contributed by atoms with Crippen molar-refractivity contribution in [2.75, 3.05) is 0 Å². The number of aromatic amines is 1. The van der Waals surface area contributed by atoms with Crippen LogP contribution in [0.1, 0.15) is 26.4 Å². The van der Waals surface area contributed by atoms with Gasteiger partial charge in [0.15, 0.2) is 5.78 Å². The molecule has 0 unspecified atom stereocenters. The number of pyridine rings is 1. The Morgan fingerprint density at radius 2 is 1.69 bits per heavy atom. The summed E-state index contributed by atoms with van der Waals surface area (Å²) < 4.78 is 0. The van der Waals surface area contributed by atoms with Crippen molar-refractivity contribution >= 4 is 34.2 Å². The number of aromatic nitrogens is 2. The maximum absolute atomic E-state index is 13.1. The highest BCUT2D eigenvalue weighted by atomic mass is 35.5. The smallest absolute Gasteiger partial charge is 0.268 e. The van der Waals surface area contributed by atoms with E-state index in [1.165, 1.54) is 0 Å². The van der Waals surface area contributed by atoms with Crippen molar-refractivity contribution in [3.8, 4) is 0 Å². The summed E-state index contributed by atoms with van der Waals surface area (Å²) in [6.07, 6.45) is 1.97. The van der Waals surface area contributed by atoms with Gasteiger partial charge in [0.2, 0.25) is 0 Å². The number of carbonyl (C=O) groups is 2. The Hall–Kier alpha value is -3.44. The summed E-state index contributed by atoms with van der Waals surface area (Å²) in [6, 6.07) is 21.3. The first kappa shape index (κ1) is 18.9. The van der Waals surface area contributed by atoms with Crippen molar-refractivity contribution in [3.05, 3.63) is 101 Å². The van der Waals surface area contributed by atoms with Crippen LogP contribution in [0.15, 0.2) is 79.0 Å². The third-order valence-corrected chi connectivity index (χ3v) is 4.89. The second kappa shape index (κ2) is 8.29. The average Bonchev–Trinajstić information content (AvgIpc) is 3.17. The highest BCUT2D eigenvalue weighted by Crippen LogP contribution is 2.18. The molecule has 0 saturated heterocycles. The Balaban J connectivity index is 1.61. The Kier molecular flexibility index (Phi) is 5.40. The molecule has 0 fully saturated rings. The fourth-order valence-corrected chi connectivity index (χ4v) is 3.39. The van der Waals surface area contributed by atoms with Crippen molar-refractivity contribution < 1.29 is 9.59 Å². The predicted octanol–water partition coefficient (Wildman–Crippen LogP) is 4.44. The number of rotatable bonds is 6. The van der Waals surface area contributed by atoms with Gasteiger partial charge in [0.25, 0.3) is 5.91 Å². The molecule has 144 valence electrons. The van der Waals surface area contributed by atoms with E-state index in [9.17, 15) is 9.59 Å². The Morgan fingerprint density at radius 1 is 1.00 bits per heavy atom. The molecule has 4 rings (SSSR count). The second-order valence-corrected chi connectivity index (χ2v) is 7.11. The van der Waals surface area contributed by atoms with Gasteiger partial charge in [0.1, 0.15) is 10.8 Å². The summed E-state index contributed by atoms with van der Waals surface area (Å²) in [4.78, 5) is 33.0. The first-order valence-electron chi connectivity index (χ1n) is 9.18. The quantitative estimate of drug-likeness (QED) is 0.369. The van der Waals surface area contributed by atoms with Crippen LogP contribution in [-0.4, -0.2) is 27.7 Å². The number of ketones is 1. The number of halogens is 1. The molecule has 0 aliphatic carbocycles. The minimum atomic E-state index is -0.694. The minimum Gasteiger partial charge on any atom is -0.349 e. The molecular weight excluding hydrogens is 386 g/mol. The van der Waals surface area contributed by atoms with Crippen LogP contribution in [0.3, 0.4) is 0 Å². The summed E-state index contributed by atoms with van der Waals surface area (Å²) >= 11 is 5.92. The number of H-pyrrole nitrogens is 1. The molecule has 0 bridgehead atoms. The number of hydrogen-bond acceptors (Lipinski definition) is 3. The number of benzene rings is 2. The van der Waals surface area contributed by atoms with Crippen LogP contribution in [-0.2, 0) is 6.42 Å². The summed E-state index contributed by atoms with van der Waals surface area (Å²) in [5.41, 5.74) is 2.58. The molecule has 0 radical (unpaired) electrons. The Morgan fingerprint density at radius 3 is 2.41 bits per heavy atom. The molecule has 0 aliphatic rings. The van der Waals surface area contributed by atoms with Crippen molar-refractivity contribution in [3.63, 3.8) is 0 Å². The summed E-state index contributed by atoms with van der Waals surface area (Å²) in [6.45, 7) is 0. The summed E-state index contributed by atoms with van der Waals surface area (Å²) in [5.74, 6) is -0.494. The molecular formula is C23H18ClN3O2. The largest absolute Gasteiger partial charge is 0.349 e. The van der Waals surface area contributed by atoms with Gasteiger partial charge < -0.3 is 10.3 Å². The van der Waals surface area contributed by atoms with Crippen LogP contribution in [0.4, 0.5) is 0 Å². The molecule has 0 saturated carbocycles. The molecule has 6 heteroatoms. The monoisotopic (exact) mass is 403 g/mol. The molecule has 0 spiro atoms. The molecule has 29 heavy (non-hydrogen) atoms. The van der Waals surface area contributed by atoms with Gasteiger partial charge in [-0.3, -0.25) is 9.59 Å². The summed E-state index contributed by atoms with van der Waals surface area (Å²) in [7, 11) is 0. The van der Waals surface area contributed by atoms with Crippen LogP contribution in [0.5, 0.6) is 0 Å². The van der Waals surface area contributed by atoms with Gasteiger partial charge in [-0.2, -0.15) is 0 Å². The van der Waals surface area contributed by atoms with E-state index in [1.807, 2.05) is 48.5 Å². The lowest BCUT2D eigenvalue weighted by molar-refractivity contribution is 0.0855. The average molecular weight is 404 g/mol. The molecule has 0 aliphatic heterocycles. The van der Waals surface area contributed by atoms with Crippen LogP contribution in [0, 0.1) is 0 Å². The van der Waals surface area contributed by atoms with Crippen molar-refractivity contribution in [2.24, 2.45) is 0 Å².